The molecular weight excluding hydrogens is 159 g/mol. The molecule has 0 amide bonds. The minimum Gasteiger partial charge on any atom is -0.848 e. The molecule has 66 valence electrons. The van der Waals surface area contributed by atoms with Crippen LogP contribution in [0.25, 0.3) is 0 Å². The zero-order chi connectivity index (χ0) is 9.19. The molecule has 0 atom stereocenters. The molecule has 3 heteroatoms. The Morgan fingerprint density at radius 2 is 2.15 bits per heavy atom. The summed E-state index contributed by atoms with van der Waals surface area (Å²) in [6.07, 6.45) is 0. The predicted molar refractivity (Wildman–Crippen MR) is 51.9 cm³/mol. The summed E-state index contributed by atoms with van der Waals surface area (Å²) in [5.74, 6) is 0. The van der Waals surface area contributed by atoms with Crippen LogP contribution in [0.1, 0.15) is 25.0 Å². The minimum atomic E-state index is -1.08. The molecule has 0 bridgehead atoms. The van der Waals surface area contributed by atoms with Crippen molar-refractivity contribution in [1.82, 2.24) is 0 Å². The summed E-state index contributed by atoms with van der Waals surface area (Å²) in [6, 6.07) is 8.34. The van der Waals surface area contributed by atoms with Crippen LogP contribution in [0.5, 0.6) is 0 Å². The van der Waals surface area contributed by atoms with E-state index >= 15 is 0 Å². The second kappa shape index (κ2) is 4.52. The van der Waals surface area contributed by atoms with Gasteiger partial charge >= 0.3 is 10.1 Å². The van der Waals surface area contributed by atoms with Crippen LogP contribution in [0, 0.1) is 6.07 Å². The molecule has 0 aromatic heterocycles. The van der Waals surface area contributed by atoms with Gasteiger partial charge in [-0.05, 0) is 6.54 Å². The van der Waals surface area contributed by atoms with Gasteiger partial charge in [-0.15, -0.1) is 11.2 Å². The number of benzene rings is 1. The van der Waals surface area contributed by atoms with Crippen LogP contribution in [-0.4, -0.2) is 10.1 Å². The fourth-order valence-electron chi connectivity index (χ4n) is 0.988. The molecule has 0 saturated carbocycles. The summed E-state index contributed by atoms with van der Waals surface area (Å²) in [4.78, 5) is 0. The number of nitrogens with two attached hydrogens (primary N) is 1. The first-order chi connectivity index (χ1) is 5.54. The molecule has 0 saturated heterocycles. The van der Waals surface area contributed by atoms with E-state index in [1.54, 1.807) is 19.9 Å². The predicted octanol–water partition coefficient (Wildman–Crippen LogP) is 0.160. The molecule has 0 aliphatic carbocycles. The van der Waals surface area contributed by atoms with Gasteiger partial charge in [0.05, 0.1) is 0 Å². The maximum absolute atomic E-state index is 11.5. The average Bonchev–Trinajstić information content (AvgIpc) is 2.03. The minimum absolute atomic E-state index is 0. The SMILES string of the molecule is CC(C)([O-])c1[c-]ccc(CN)c1.[Be+2]. The normalized spacial score (nSPS) is 10.8. The van der Waals surface area contributed by atoms with E-state index in [0.29, 0.717) is 12.1 Å². The molecule has 0 radical (unpaired) electrons. The van der Waals surface area contributed by atoms with Crippen molar-refractivity contribution in [2.45, 2.75) is 26.0 Å². The first-order valence-corrected chi connectivity index (χ1v) is 3.95. The van der Waals surface area contributed by atoms with Crippen LogP contribution in [0.2, 0.25) is 0 Å². The van der Waals surface area contributed by atoms with Crippen molar-refractivity contribution in [3.05, 3.63) is 35.4 Å². The first-order valence-electron chi connectivity index (χ1n) is 3.95. The fourth-order valence-corrected chi connectivity index (χ4v) is 0.988. The Bertz CT molecular complexity index is 268. The van der Waals surface area contributed by atoms with E-state index in [2.05, 4.69) is 6.07 Å². The molecule has 1 aromatic carbocycles. The maximum atomic E-state index is 11.5. The smallest absolute Gasteiger partial charge is 0.848 e. The van der Waals surface area contributed by atoms with Crippen molar-refractivity contribution in [3.8, 4) is 0 Å². The summed E-state index contributed by atoms with van der Waals surface area (Å²) in [5, 5.41) is 11.5. The largest absolute Gasteiger partial charge is 2.00 e. The van der Waals surface area contributed by atoms with Crippen LogP contribution < -0.4 is 10.8 Å². The second-order valence-electron chi connectivity index (χ2n) is 3.33. The monoisotopic (exact) mass is 172 g/mol. The molecule has 0 heterocycles. The Morgan fingerprint density at radius 3 is 2.62 bits per heavy atom. The van der Waals surface area contributed by atoms with Crippen molar-refractivity contribution in [2.24, 2.45) is 5.73 Å². The van der Waals surface area contributed by atoms with Crippen molar-refractivity contribution >= 4 is 10.1 Å². The van der Waals surface area contributed by atoms with Gasteiger partial charge in [0.1, 0.15) is 0 Å². The third-order valence-electron chi connectivity index (χ3n) is 1.75. The van der Waals surface area contributed by atoms with Crippen LogP contribution in [0.4, 0.5) is 0 Å². The van der Waals surface area contributed by atoms with Gasteiger partial charge in [0.25, 0.3) is 0 Å². The summed E-state index contributed by atoms with van der Waals surface area (Å²) in [7, 11) is 0. The van der Waals surface area contributed by atoms with Gasteiger partial charge in [-0.2, -0.15) is 29.8 Å². The second-order valence-corrected chi connectivity index (χ2v) is 3.33. The molecule has 2 N–H and O–H groups in total. The molecule has 0 fully saturated rings. The number of hydrogen-bond acceptors (Lipinski definition) is 2. The van der Waals surface area contributed by atoms with Gasteiger partial charge in [-0.25, -0.2) is 0 Å². The Kier molecular flexibility index (Phi) is 4.28. The van der Waals surface area contributed by atoms with E-state index in [1.165, 1.54) is 0 Å². The van der Waals surface area contributed by atoms with Crippen LogP contribution >= 0.6 is 0 Å². The molecule has 0 spiro atoms. The van der Waals surface area contributed by atoms with E-state index in [-0.39, 0.29) is 10.1 Å². The molecular formula is C10H13BeNO. The quantitative estimate of drug-likeness (QED) is 0.510. The molecule has 0 aliphatic rings. The van der Waals surface area contributed by atoms with Gasteiger partial charge in [-0.3, -0.25) is 0 Å². The van der Waals surface area contributed by atoms with E-state index in [0.717, 1.165) is 5.56 Å². The van der Waals surface area contributed by atoms with E-state index in [9.17, 15) is 5.11 Å². The molecule has 1 rings (SSSR count). The first kappa shape index (κ1) is 12.3. The third-order valence-corrected chi connectivity index (χ3v) is 1.75. The van der Waals surface area contributed by atoms with E-state index in [1.807, 2.05) is 12.1 Å². The van der Waals surface area contributed by atoms with Crippen LogP contribution in [0.3, 0.4) is 0 Å². The standard InChI is InChI=1S/C10H13NO.Be/c1-10(2,12)9-5-3-4-8(6-9)7-11;/h3-4,6H,7,11H2,1-2H3;/q-2;+2. The van der Waals surface area contributed by atoms with Crippen LogP contribution in [-0.2, 0) is 12.1 Å². The zero-order valence-corrected chi connectivity index (χ0v) is 8.13. The summed E-state index contributed by atoms with van der Waals surface area (Å²) in [6.45, 7) is 3.72. The van der Waals surface area contributed by atoms with Gasteiger partial charge in [0.2, 0.25) is 0 Å². The van der Waals surface area contributed by atoms with Gasteiger partial charge in [0.15, 0.2) is 0 Å². The molecule has 13 heavy (non-hydrogen) atoms. The Morgan fingerprint density at radius 1 is 1.54 bits per heavy atom. The maximum Gasteiger partial charge on any atom is 2.00 e. The zero-order valence-electron chi connectivity index (χ0n) is 8.13. The molecule has 0 unspecified atom stereocenters. The summed E-state index contributed by atoms with van der Waals surface area (Å²) < 4.78 is 0. The molecule has 1 aromatic rings. The Hall–Kier alpha value is -0.691. The number of rotatable bonds is 2. The van der Waals surface area contributed by atoms with E-state index in [4.69, 9.17) is 5.73 Å². The fraction of sp³-hybridized carbons (Fsp3) is 0.400. The van der Waals surface area contributed by atoms with Crippen molar-refractivity contribution in [2.75, 3.05) is 0 Å². The Labute approximate surface area is 83.0 Å². The van der Waals surface area contributed by atoms with Gasteiger partial charge in [0, 0.05) is 0 Å². The van der Waals surface area contributed by atoms with E-state index < -0.39 is 5.60 Å². The van der Waals surface area contributed by atoms with Crippen molar-refractivity contribution < 1.29 is 5.11 Å². The average molecular weight is 172 g/mol. The van der Waals surface area contributed by atoms with Gasteiger partial charge < -0.3 is 10.8 Å². The Balaban J connectivity index is 0.00000144. The van der Waals surface area contributed by atoms with Gasteiger partial charge in [-0.1, -0.05) is 13.8 Å². The molecule has 0 aliphatic heterocycles. The third kappa shape index (κ3) is 3.27. The number of hydrogen-bond donors (Lipinski definition) is 1. The van der Waals surface area contributed by atoms with Crippen LogP contribution in [0.15, 0.2) is 18.2 Å². The molecule has 2 nitrogen and oxygen atoms in total. The topological polar surface area (TPSA) is 49.1 Å². The van der Waals surface area contributed by atoms with Crippen molar-refractivity contribution in [1.29, 1.82) is 0 Å². The summed E-state index contributed by atoms with van der Waals surface area (Å²) >= 11 is 0. The summed E-state index contributed by atoms with van der Waals surface area (Å²) in [5.41, 5.74) is 6.02. The van der Waals surface area contributed by atoms with Crippen molar-refractivity contribution in [3.63, 3.8) is 0 Å².